The van der Waals surface area contributed by atoms with E-state index in [1.165, 1.54) is 0 Å². The number of rotatable bonds is 3. The summed E-state index contributed by atoms with van der Waals surface area (Å²) in [5, 5.41) is 0. The molecule has 0 amide bonds. The summed E-state index contributed by atoms with van der Waals surface area (Å²) in [7, 11) is 0. The van der Waals surface area contributed by atoms with Gasteiger partial charge >= 0.3 is 0 Å². The van der Waals surface area contributed by atoms with Gasteiger partial charge in [-0.25, -0.2) is 0 Å². The molecule has 2 N–H and O–H groups in total. The molecule has 3 unspecified atom stereocenters. The fraction of sp³-hybridized carbons (Fsp3) is 1.00. The van der Waals surface area contributed by atoms with Crippen LogP contribution in [0.3, 0.4) is 0 Å². The fourth-order valence-corrected chi connectivity index (χ4v) is 3.45. The summed E-state index contributed by atoms with van der Waals surface area (Å²) in [6, 6.07) is 0.630. The Labute approximate surface area is 105 Å². The highest BCUT2D eigenvalue weighted by Gasteiger charge is 2.46. The third kappa shape index (κ3) is 2.24. The number of hydrogen-bond donors (Lipinski definition) is 1. The van der Waals surface area contributed by atoms with Crippen LogP contribution in [0.15, 0.2) is 0 Å². The molecule has 2 aliphatic heterocycles. The van der Waals surface area contributed by atoms with E-state index in [1.54, 1.807) is 0 Å². The highest BCUT2D eigenvalue weighted by atomic mass is 16.5. The number of nitrogens with two attached hydrogens (primary N) is 1. The van der Waals surface area contributed by atoms with Gasteiger partial charge in [-0.2, -0.15) is 0 Å². The van der Waals surface area contributed by atoms with Crippen molar-refractivity contribution in [1.82, 2.24) is 9.80 Å². The molecule has 0 aromatic rings. The Morgan fingerprint density at radius 1 is 1.35 bits per heavy atom. The Hall–Kier alpha value is -0.160. The average molecular weight is 241 g/mol. The number of nitrogens with zero attached hydrogens (tertiary/aromatic N) is 2. The number of hydrogen-bond acceptors (Lipinski definition) is 4. The maximum absolute atomic E-state index is 6.07. The maximum atomic E-state index is 6.07. The van der Waals surface area contributed by atoms with Crippen molar-refractivity contribution in [2.24, 2.45) is 5.73 Å². The SMILES string of the molecule is CCN1CCN(C2(CN)CCOC2C)CC1C. The summed E-state index contributed by atoms with van der Waals surface area (Å²) in [4.78, 5) is 5.13. The number of piperazine rings is 1. The highest BCUT2D eigenvalue weighted by molar-refractivity contribution is 5.02. The van der Waals surface area contributed by atoms with Gasteiger partial charge in [-0.15, -0.1) is 0 Å². The van der Waals surface area contributed by atoms with Crippen molar-refractivity contribution in [1.29, 1.82) is 0 Å². The highest BCUT2D eigenvalue weighted by Crippen LogP contribution is 2.32. The molecular weight excluding hydrogens is 214 g/mol. The van der Waals surface area contributed by atoms with Crippen LogP contribution in [0, 0.1) is 0 Å². The molecule has 2 saturated heterocycles. The van der Waals surface area contributed by atoms with Gasteiger partial charge in [0.1, 0.15) is 0 Å². The van der Waals surface area contributed by atoms with Crippen LogP contribution in [0.25, 0.3) is 0 Å². The zero-order valence-corrected chi connectivity index (χ0v) is 11.5. The zero-order valence-electron chi connectivity index (χ0n) is 11.5. The summed E-state index contributed by atoms with van der Waals surface area (Å²) in [5.41, 5.74) is 6.16. The van der Waals surface area contributed by atoms with Gasteiger partial charge in [0.05, 0.1) is 11.6 Å². The molecule has 0 spiro atoms. The van der Waals surface area contributed by atoms with Gasteiger partial charge in [-0.3, -0.25) is 9.80 Å². The molecule has 17 heavy (non-hydrogen) atoms. The molecule has 2 rings (SSSR count). The van der Waals surface area contributed by atoms with E-state index in [2.05, 4.69) is 30.6 Å². The van der Waals surface area contributed by atoms with Crippen LogP contribution in [0.1, 0.15) is 27.2 Å². The summed E-state index contributed by atoms with van der Waals surface area (Å²) in [6.45, 7) is 12.9. The largest absolute Gasteiger partial charge is 0.376 e. The molecule has 4 heteroatoms. The molecule has 3 atom stereocenters. The molecule has 0 aromatic carbocycles. The molecule has 2 fully saturated rings. The van der Waals surface area contributed by atoms with Crippen molar-refractivity contribution in [3.8, 4) is 0 Å². The Kier molecular flexibility index (Phi) is 4.08. The molecule has 0 aliphatic carbocycles. The molecule has 4 nitrogen and oxygen atoms in total. The van der Waals surface area contributed by atoms with Gasteiger partial charge in [-0.05, 0) is 26.8 Å². The lowest BCUT2D eigenvalue weighted by Crippen LogP contribution is -2.65. The van der Waals surface area contributed by atoms with E-state index < -0.39 is 0 Å². The molecule has 0 aromatic heterocycles. The topological polar surface area (TPSA) is 41.7 Å². The van der Waals surface area contributed by atoms with Gasteiger partial charge < -0.3 is 10.5 Å². The predicted octanol–water partition coefficient (Wildman–Crippen LogP) is 0.519. The van der Waals surface area contributed by atoms with Crippen molar-refractivity contribution >= 4 is 0 Å². The van der Waals surface area contributed by atoms with Gasteiger partial charge in [-0.1, -0.05) is 6.92 Å². The Morgan fingerprint density at radius 2 is 2.12 bits per heavy atom. The van der Waals surface area contributed by atoms with Crippen LogP contribution in [-0.2, 0) is 4.74 Å². The van der Waals surface area contributed by atoms with Crippen molar-refractivity contribution in [3.05, 3.63) is 0 Å². The van der Waals surface area contributed by atoms with E-state index in [4.69, 9.17) is 10.5 Å². The lowest BCUT2D eigenvalue weighted by molar-refractivity contribution is -0.0270. The smallest absolute Gasteiger partial charge is 0.0743 e. The minimum atomic E-state index is 0.0914. The van der Waals surface area contributed by atoms with E-state index in [1.807, 2.05) is 0 Å². The normalized spacial score (nSPS) is 40.9. The first kappa shape index (κ1) is 13.3. The Balaban J connectivity index is 2.07. The van der Waals surface area contributed by atoms with Crippen molar-refractivity contribution < 1.29 is 4.74 Å². The lowest BCUT2D eigenvalue weighted by atomic mass is 9.88. The third-order valence-corrected chi connectivity index (χ3v) is 4.81. The Morgan fingerprint density at radius 3 is 2.59 bits per heavy atom. The Bertz CT molecular complexity index is 261. The van der Waals surface area contributed by atoms with E-state index in [0.29, 0.717) is 12.6 Å². The number of likely N-dealkylation sites (N-methyl/N-ethyl adjacent to an activating group) is 1. The van der Waals surface area contributed by atoms with Crippen molar-refractivity contribution in [3.63, 3.8) is 0 Å². The molecule has 2 aliphatic rings. The average Bonchev–Trinajstić information content (AvgIpc) is 2.71. The van der Waals surface area contributed by atoms with Crippen LogP contribution >= 0.6 is 0 Å². The first-order chi connectivity index (χ1) is 8.14. The van der Waals surface area contributed by atoms with Crippen LogP contribution in [0.2, 0.25) is 0 Å². The second kappa shape index (κ2) is 5.22. The third-order valence-electron chi connectivity index (χ3n) is 4.81. The van der Waals surface area contributed by atoms with E-state index in [-0.39, 0.29) is 11.6 Å². The van der Waals surface area contributed by atoms with Crippen LogP contribution in [0.4, 0.5) is 0 Å². The molecule has 100 valence electrons. The van der Waals surface area contributed by atoms with Crippen LogP contribution in [-0.4, -0.2) is 66.8 Å². The quantitative estimate of drug-likeness (QED) is 0.782. The molecule has 0 radical (unpaired) electrons. The summed E-state index contributed by atoms with van der Waals surface area (Å²) < 4.78 is 5.77. The van der Waals surface area contributed by atoms with E-state index in [0.717, 1.165) is 39.2 Å². The monoisotopic (exact) mass is 241 g/mol. The van der Waals surface area contributed by atoms with Crippen molar-refractivity contribution in [2.45, 2.75) is 44.9 Å². The molecular formula is C13H27N3O. The summed E-state index contributed by atoms with van der Waals surface area (Å²) >= 11 is 0. The predicted molar refractivity (Wildman–Crippen MR) is 70.1 cm³/mol. The van der Waals surface area contributed by atoms with Crippen molar-refractivity contribution in [2.75, 3.05) is 39.3 Å². The summed E-state index contributed by atoms with van der Waals surface area (Å²) in [5.74, 6) is 0. The van der Waals surface area contributed by atoms with Crippen LogP contribution in [0.5, 0.6) is 0 Å². The molecule has 0 bridgehead atoms. The second-order valence-electron chi connectivity index (χ2n) is 5.49. The van der Waals surface area contributed by atoms with Gasteiger partial charge in [0.2, 0.25) is 0 Å². The van der Waals surface area contributed by atoms with E-state index in [9.17, 15) is 0 Å². The minimum Gasteiger partial charge on any atom is -0.376 e. The van der Waals surface area contributed by atoms with E-state index >= 15 is 0 Å². The zero-order chi connectivity index (χ0) is 12.5. The van der Waals surface area contributed by atoms with Gasteiger partial charge in [0.15, 0.2) is 0 Å². The van der Waals surface area contributed by atoms with Gasteiger partial charge in [0.25, 0.3) is 0 Å². The fourth-order valence-electron chi connectivity index (χ4n) is 3.45. The molecule has 2 heterocycles. The number of ether oxygens (including phenoxy) is 1. The van der Waals surface area contributed by atoms with Gasteiger partial charge in [0, 0.05) is 38.8 Å². The van der Waals surface area contributed by atoms with Crippen LogP contribution < -0.4 is 5.73 Å². The second-order valence-corrected chi connectivity index (χ2v) is 5.49. The minimum absolute atomic E-state index is 0.0914. The maximum Gasteiger partial charge on any atom is 0.0743 e. The standard InChI is InChI=1S/C13H27N3O/c1-4-15-6-7-16(9-11(15)2)13(10-14)5-8-17-12(13)3/h11-12H,4-10,14H2,1-3H3. The summed E-state index contributed by atoms with van der Waals surface area (Å²) in [6.07, 6.45) is 1.36. The molecule has 0 saturated carbocycles. The first-order valence-corrected chi connectivity index (χ1v) is 6.95. The first-order valence-electron chi connectivity index (χ1n) is 6.95. The lowest BCUT2D eigenvalue weighted by Gasteiger charge is -2.49.